The van der Waals surface area contributed by atoms with E-state index in [1.807, 2.05) is 0 Å². The number of nitrogens with two attached hydrogens (primary N) is 1. The molecule has 0 atom stereocenters. The molecule has 7 nitrogen and oxygen atoms in total. The van der Waals surface area contributed by atoms with E-state index in [9.17, 15) is 10.1 Å². The van der Waals surface area contributed by atoms with E-state index < -0.39 is 4.92 Å². The van der Waals surface area contributed by atoms with Crippen molar-refractivity contribution in [1.29, 1.82) is 0 Å². The van der Waals surface area contributed by atoms with Crippen LogP contribution < -0.4 is 16.2 Å². The Morgan fingerprint density at radius 1 is 1.42 bits per heavy atom. The molecular weight excluding hydrogens is 246 g/mol. The number of hydrazine groups is 1. The summed E-state index contributed by atoms with van der Waals surface area (Å²) in [6.07, 6.45) is 2.09. The fraction of sp³-hybridized carbons (Fsp3) is 0.583. The van der Waals surface area contributed by atoms with Crippen molar-refractivity contribution in [1.82, 2.24) is 4.98 Å². The summed E-state index contributed by atoms with van der Waals surface area (Å²) in [6.45, 7) is 6.17. The Hall–Kier alpha value is -1.89. The summed E-state index contributed by atoms with van der Waals surface area (Å²) >= 11 is 0. The van der Waals surface area contributed by atoms with Crippen LogP contribution in [0, 0.1) is 15.5 Å². The number of hydrogen-bond acceptors (Lipinski definition) is 6. The van der Waals surface area contributed by atoms with Crippen LogP contribution in [-0.4, -0.2) is 23.0 Å². The van der Waals surface area contributed by atoms with Crippen molar-refractivity contribution in [2.24, 2.45) is 11.3 Å². The lowest BCUT2D eigenvalue weighted by Crippen LogP contribution is -2.37. The van der Waals surface area contributed by atoms with E-state index in [1.165, 1.54) is 12.1 Å². The van der Waals surface area contributed by atoms with Gasteiger partial charge >= 0.3 is 0 Å². The van der Waals surface area contributed by atoms with E-state index >= 15 is 0 Å². The first-order valence-corrected chi connectivity index (χ1v) is 6.29. The summed E-state index contributed by atoms with van der Waals surface area (Å²) in [4.78, 5) is 16.8. The van der Waals surface area contributed by atoms with Gasteiger partial charge in [-0.15, -0.1) is 0 Å². The van der Waals surface area contributed by atoms with Crippen molar-refractivity contribution in [3.8, 4) is 0 Å². The number of nitrogens with zero attached hydrogens (tertiary/aromatic N) is 3. The molecule has 0 aromatic carbocycles. The second-order valence-electron chi connectivity index (χ2n) is 5.62. The standard InChI is InChI=1S/C12H19N5O2/c1-12(2)3-5-16(6-4-12)11-8-9(17(18)19)7-10(14-11)15-13/h7-8H,3-6,13H2,1-2H3,(H,14,15). The predicted molar refractivity (Wildman–Crippen MR) is 73.9 cm³/mol. The van der Waals surface area contributed by atoms with Gasteiger partial charge in [-0.1, -0.05) is 13.8 Å². The van der Waals surface area contributed by atoms with Crippen molar-refractivity contribution in [2.45, 2.75) is 26.7 Å². The lowest BCUT2D eigenvalue weighted by molar-refractivity contribution is -0.384. The lowest BCUT2D eigenvalue weighted by Gasteiger charge is -2.37. The number of aromatic nitrogens is 1. The highest BCUT2D eigenvalue weighted by molar-refractivity contribution is 5.55. The molecule has 0 bridgehead atoms. The first-order valence-electron chi connectivity index (χ1n) is 6.29. The van der Waals surface area contributed by atoms with Gasteiger partial charge in [-0.05, 0) is 18.3 Å². The van der Waals surface area contributed by atoms with Gasteiger partial charge in [-0.3, -0.25) is 10.1 Å². The number of piperidine rings is 1. The van der Waals surface area contributed by atoms with Crippen LogP contribution >= 0.6 is 0 Å². The molecule has 0 spiro atoms. The molecule has 1 aliphatic rings. The fourth-order valence-electron chi connectivity index (χ4n) is 2.18. The van der Waals surface area contributed by atoms with Crippen LogP contribution in [0.15, 0.2) is 12.1 Å². The van der Waals surface area contributed by atoms with Crippen molar-refractivity contribution in [3.05, 3.63) is 22.2 Å². The minimum absolute atomic E-state index is 0.00258. The zero-order valence-corrected chi connectivity index (χ0v) is 11.2. The van der Waals surface area contributed by atoms with Crippen molar-refractivity contribution < 1.29 is 4.92 Å². The second kappa shape index (κ2) is 5.00. The third kappa shape index (κ3) is 3.11. The SMILES string of the molecule is CC1(C)CCN(c2cc([N+](=O)[O-])cc(NN)n2)CC1. The van der Waals surface area contributed by atoms with E-state index in [1.54, 1.807) is 0 Å². The van der Waals surface area contributed by atoms with Crippen molar-refractivity contribution >= 4 is 17.3 Å². The minimum atomic E-state index is -0.431. The maximum Gasteiger partial charge on any atom is 0.276 e. The van der Waals surface area contributed by atoms with E-state index in [0.29, 0.717) is 17.1 Å². The molecule has 2 heterocycles. The third-order valence-electron chi connectivity index (χ3n) is 3.60. The largest absolute Gasteiger partial charge is 0.356 e. The number of nitro groups is 1. The Kier molecular flexibility index (Phi) is 3.57. The monoisotopic (exact) mass is 265 g/mol. The molecule has 2 rings (SSSR count). The number of nitrogen functional groups attached to an aromatic ring is 1. The van der Waals surface area contributed by atoms with Crippen LogP contribution in [-0.2, 0) is 0 Å². The molecule has 1 saturated heterocycles. The molecule has 1 aliphatic heterocycles. The Balaban J connectivity index is 2.24. The molecule has 0 aliphatic carbocycles. The summed E-state index contributed by atoms with van der Waals surface area (Å²) in [5.41, 5.74) is 2.70. The topological polar surface area (TPSA) is 97.3 Å². The van der Waals surface area contributed by atoms with Gasteiger partial charge < -0.3 is 10.3 Å². The van der Waals surface area contributed by atoms with Gasteiger partial charge in [0.1, 0.15) is 11.6 Å². The molecule has 104 valence electrons. The molecule has 1 fully saturated rings. The summed E-state index contributed by atoms with van der Waals surface area (Å²) in [5.74, 6) is 6.23. The predicted octanol–water partition coefficient (Wildman–Crippen LogP) is 1.90. The summed E-state index contributed by atoms with van der Waals surface area (Å²) < 4.78 is 0. The van der Waals surface area contributed by atoms with Gasteiger partial charge in [0.15, 0.2) is 0 Å². The third-order valence-corrected chi connectivity index (χ3v) is 3.60. The zero-order valence-electron chi connectivity index (χ0n) is 11.2. The maximum atomic E-state index is 10.9. The number of hydrogen-bond donors (Lipinski definition) is 2. The normalized spacial score (nSPS) is 18.2. The Labute approximate surface area is 111 Å². The lowest BCUT2D eigenvalue weighted by atomic mass is 9.83. The van der Waals surface area contributed by atoms with E-state index in [2.05, 4.69) is 29.2 Å². The molecule has 7 heteroatoms. The van der Waals surface area contributed by atoms with Gasteiger partial charge in [0.05, 0.1) is 17.1 Å². The maximum absolute atomic E-state index is 10.9. The van der Waals surface area contributed by atoms with Crippen LogP contribution in [0.25, 0.3) is 0 Å². The molecule has 1 aromatic heterocycles. The Morgan fingerprint density at radius 2 is 2.05 bits per heavy atom. The van der Waals surface area contributed by atoms with Crippen LogP contribution in [0.1, 0.15) is 26.7 Å². The zero-order chi connectivity index (χ0) is 14.0. The number of anilines is 2. The Morgan fingerprint density at radius 3 is 2.58 bits per heavy atom. The summed E-state index contributed by atoms with van der Waals surface area (Å²) in [5, 5.41) is 10.9. The van der Waals surface area contributed by atoms with Gasteiger partial charge in [0.2, 0.25) is 0 Å². The quantitative estimate of drug-likeness (QED) is 0.492. The molecule has 0 unspecified atom stereocenters. The van der Waals surface area contributed by atoms with Crippen LogP contribution in [0.2, 0.25) is 0 Å². The smallest absolute Gasteiger partial charge is 0.276 e. The average molecular weight is 265 g/mol. The summed E-state index contributed by atoms with van der Waals surface area (Å²) in [6, 6.07) is 2.83. The number of nitrogens with one attached hydrogen (secondary N) is 1. The number of rotatable bonds is 3. The van der Waals surface area contributed by atoms with Crippen LogP contribution in [0.4, 0.5) is 17.3 Å². The van der Waals surface area contributed by atoms with Gasteiger partial charge in [0.25, 0.3) is 5.69 Å². The van der Waals surface area contributed by atoms with E-state index in [0.717, 1.165) is 25.9 Å². The molecular formula is C12H19N5O2. The molecule has 19 heavy (non-hydrogen) atoms. The molecule has 0 saturated carbocycles. The van der Waals surface area contributed by atoms with Gasteiger partial charge in [-0.25, -0.2) is 10.8 Å². The first-order chi connectivity index (χ1) is 8.91. The highest BCUT2D eigenvalue weighted by atomic mass is 16.6. The molecule has 0 amide bonds. The highest BCUT2D eigenvalue weighted by Crippen LogP contribution is 2.33. The molecule has 3 N–H and O–H groups in total. The Bertz CT molecular complexity index is 479. The minimum Gasteiger partial charge on any atom is -0.356 e. The molecule has 1 aromatic rings. The van der Waals surface area contributed by atoms with Crippen molar-refractivity contribution in [2.75, 3.05) is 23.4 Å². The van der Waals surface area contributed by atoms with Crippen LogP contribution in [0.5, 0.6) is 0 Å². The molecule has 0 radical (unpaired) electrons. The average Bonchev–Trinajstić information content (AvgIpc) is 2.38. The van der Waals surface area contributed by atoms with Gasteiger partial charge in [-0.2, -0.15) is 0 Å². The van der Waals surface area contributed by atoms with Crippen molar-refractivity contribution in [3.63, 3.8) is 0 Å². The van der Waals surface area contributed by atoms with E-state index in [-0.39, 0.29) is 5.69 Å². The number of pyridine rings is 1. The summed E-state index contributed by atoms with van der Waals surface area (Å²) in [7, 11) is 0. The first kappa shape index (κ1) is 13.5. The second-order valence-corrected chi connectivity index (χ2v) is 5.62. The van der Waals surface area contributed by atoms with E-state index in [4.69, 9.17) is 5.84 Å². The highest BCUT2D eigenvalue weighted by Gasteiger charge is 2.27. The van der Waals surface area contributed by atoms with Crippen LogP contribution in [0.3, 0.4) is 0 Å². The van der Waals surface area contributed by atoms with Gasteiger partial charge in [0, 0.05) is 13.1 Å². The fourth-order valence-corrected chi connectivity index (χ4v) is 2.18.